The molecule has 0 spiro atoms. The van der Waals surface area contributed by atoms with Gasteiger partial charge in [0.1, 0.15) is 18.1 Å². The van der Waals surface area contributed by atoms with Gasteiger partial charge in [0.15, 0.2) is 5.84 Å². The maximum absolute atomic E-state index is 12.1. The molecule has 9 heteroatoms. The molecule has 0 aliphatic rings. The van der Waals surface area contributed by atoms with Gasteiger partial charge in [-0.05, 0) is 42.3 Å². The highest BCUT2D eigenvalue weighted by atomic mass is 16.7. The Balaban J connectivity index is 1.59. The van der Waals surface area contributed by atoms with Crippen LogP contribution in [-0.2, 0) is 17.9 Å². The maximum atomic E-state index is 12.1. The lowest BCUT2D eigenvalue weighted by Crippen LogP contribution is -2.15. The van der Waals surface area contributed by atoms with Gasteiger partial charge in [-0.25, -0.2) is 4.79 Å². The molecule has 0 aliphatic carbocycles. The number of nitrogens with zero attached hydrogens (tertiary/aromatic N) is 2. The molecular weight excluding hydrogens is 402 g/mol. The van der Waals surface area contributed by atoms with E-state index in [1.54, 1.807) is 12.1 Å². The van der Waals surface area contributed by atoms with Crippen molar-refractivity contribution in [3.8, 4) is 5.75 Å². The Labute approximate surface area is 177 Å². The Hall–Kier alpha value is -4.40. The molecule has 9 nitrogen and oxygen atoms in total. The summed E-state index contributed by atoms with van der Waals surface area (Å²) in [5.41, 5.74) is 7.01. The van der Waals surface area contributed by atoms with E-state index < -0.39 is 10.9 Å². The number of carbonyl (C=O) groups excluding carboxylic acids is 1. The zero-order chi connectivity index (χ0) is 22.2. The van der Waals surface area contributed by atoms with Gasteiger partial charge in [0.25, 0.3) is 5.69 Å². The number of nitro benzene ring substituents is 1. The molecular formula is C22H19N3O6. The number of amidine groups is 1. The lowest BCUT2D eigenvalue weighted by atomic mass is 10.1. The van der Waals surface area contributed by atoms with Crippen molar-refractivity contribution in [2.45, 2.75) is 13.0 Å². The summed E-state index contributed by atoms with van der Waals surface area (Å²) in [6.45, 7) is 3.85. The van der Waals surface area contributed by atoms with E-state index in [2.05, 4.69) is 11.7 Å². The van der Waals surface area contributed by atoms with Gasteiger partial charge in [0.05, 0.1) is 4.92 Å². The van der Waals surface area contributed by atoms with Crippen LogP contribution in [0.5, 0.6) is 5.75 Å². The Bertz CT molecular complexity index is 1120. The van der Waals surface area contributed by atoms with Crippen molar-refractivity contribution in [1.29, 1.82) is 0 Å². The van der Waals surface area contributed by atoms with Crippen molar-refractivity contribution in [2.75, 3.05) is 0 Å². The van der Waals surface area contributed by atoms with Crippen LogP contribution in [0.2, 0.25) is 0 Å². The fourth-order valence-corrected chi connectivity index (χ4v) is 2.63. The first-order chi connectivity index (χ1) is 15.0. The molecule has 1 aromatic heterocycles. The molecule has 0 aliphatic heterocycles. The van der Waals surface area contributed by atoms with Crippen molar-refractivity contribution < 1.29 is 23.7 Å². The van der Waals surface area contributed by atoms with E-state index in [0.29, 0.717) is 23.5 Å². The third kappa shape index (κ3) is 5.57. The first kappa shape index (κ1) is 21.3. The van der Waals surface area contributed by atoms with Gasteiger partial charge in [-0.15, -0.1) is 6.58 Å². The van der Waals surface area contributed by atoms with Crippen LogP contribution in [0.1, 0.15) is 27.4 Å². The van der Waals surface area contributed by atoms with Crippen molar-refractivity contribution in [3.63, 3.8) is 0 Å². The number of nitro groups is 1. The largest absolute Gasteiger partial charge is 0.485 e. The number of hydrogen-bond acceptors (Lipinski definition) is 7. The summed E-state index contributed by atoms with van der Waals surface area (Å²) in [6.07, 6.45) is 2.45. The Morgan fingerprint density at radius 1 is 1.16 bits per heavy atom. The third-order valence-electron chi connectivity index (χ3n) is 4.17. The minimum Gasteiger partial charge on any atom is -0.485 e. The summed E-state index contributed by atoms with van der Waals surface area (Å²) in [4.78, 5) is 27.1. The number of oxime groups is 1. The second-order valence-corrected chi connectivity index (χ2v) is 6.31. The Morgan fingerprint density at radius 3 is 2.61 bits per heavy atom. The molecule has 0 radical (unpaired) electrons. The fourth-order valence-electron chi connectivity index (χ4n) is 2.63. The van der Waals surface area contributed by atoms with Gasteiger partial charge >= 0.3 is 5.97 Å². The number of furan rings is 1. The molecule has 0 saturated carbocycles. The van der Waals surface area contributed by atoms with Crippen LogP contribution in [-0.4, -0.2) is 16.7 Å². The molecule has 3 rings (SSSR count). The standard InChI is InChI=1S/C22H19N3O6/c1-2-5-15-6-3-4-7-19(15)29-14-18-12-13-20(30-18)22(26)31-24-21(23)16-8-10-17(11-9-16)25(27)28/h2-4,6-13H,1,5,14H2,(H2,23,24). The van der Waals surface area contributed by atoms with Gasteiger partial charge in [-0.1, -0.05) is 29.4 Å². The first-order valence-electron chi connectivity index (χ1n) is 9.18. The summed E-state index contributed by atoms with van der Waals surface area (Å²) >= 11 is 0. The molecule has 0 bridgehead atoms. The molecule has 0 atom stereocenters. The van der Waals surface area contributed by atoms with Crippen LogP contribution in [0.3, 0.4) is 0 Å². The van der Waals surface area contributed by atoms with Gasteiger partial charge < -0.3 is 19.7 Å². The number of non-ortho nitro benzene ring substituents is 1. The summed E-state index contributed by atoms with van der Waals surface area (Å²) in [5.74, 6) is 0.0923. The average molecular weight is 421 g/mol. The molecule has 0 unspecified atom stereocenters. The molecule has 1 heterocycles. The third-order valence-corrected chi connectivity index (χ3v) is 4.17. The number of para-hydroxylation sites is 1. The lowest BCUT2D eigenvalue weighted by Gasteiger charge is -2.08. The van der Waals surface area contributed by atoms with Crippen molar-refractivity contribution in [2.24, 2.45) is 10.9 Å². The molecule has 2 aromatic carbocycles. The predicted molar refractivity (Wildman–Crippen MR) is 113 cm³/mol. The molecule has 0 saturated heterocycles. The number of nitrogens with two attached hydrogens (primary N) is 1. The predicted octanol–water partition coefficient (Wildman–Crippen LogP) is 3.97. The van der Waals surface area contributed by atoms with Gasteiger partial charge in [-0.3, -0.25) is 10.1 Å². The van der Waals surface area contributed by atoms with Crippen molar-refractivity contribution in [1.82, 2.24) is 0 Å². The van der Waals surface area contributed by atoms with Crippen LogP contribution >= 0.6 is 0 Å². The highest BCUT2D eigenvalue weighted by Crippen LogP contribution is 2.21. The van der Waals surface area contributed by atoms with Crippen molar-refractivity contribution >= 4 is 17.5 Å². The van der Waals surface area contributed by atoms with Crippen LogP contribution in [0, 0.1) is 10.1 Å². The van der Waals surface area contributed by atoms with Gasteiger partial charge in [0, 0.05) is 17.7 Å². The fraction of sp³-hybridized carbons (Fsp3) is 0.0909. The summed E-state index contributed by atoms with van der Waals surface area (Å²) < 4.78 is 11.2. The number of carbonyl (C=O) groups is 1. The van der Waals surface area contributed by atoms with E-state index in [0.717, 1.165) is 5.56 Å². The molecule has 158 valence electrons. The summed E-state index contributed by atoms with van der Waals surface area (Å²) in [7, 11) is 0. The number of ether oxygens (including phenoxy) is 1. The van der Waals surface area contributed by atoms with Crippen LogP contribution in [0.4, 0.5) is 5.69 Å². The second-order valence-electron chi connectivity index (χ2n) is 6.31. The van der Waals surface area contributed by atoms with E-state index in [9.17, 15) is 14.9 Å². The lowest BCUT2D eigenvalue weighted by molar-refractivity contribution is -0.384. The van der Waals surface area contributed by atoms with Crippen LogP contribution in [0.25, 0.3) is 0 Å². The molecule has 2 N–H and O–H groups in total. The highest BCUT2D eigenvalue weighted by Gasteiger charge is 2.15. The van der Waals surface area contributed by atoms with Gasteiger partial charge in [-0.2, -0.15) is 0 Å². The van der Waals surface area contributed by atoms with Crippen molar-refractivity contribution in [3.05, 3.63) is 106 Å². The van der Waals surface area contributed by atoms with Crippen LogP contribution in [0.15, 0.2) is 82.9 Å². The molecule has 0 fully saturated rings. The molecule has 0 amide bonds. The summed E-state index contributed by atoms with van der Waals surface area (Å²) in [6, 6.07) is 15.9. The Morgan fingerprint density at radius 2 is 1.90 bits per heavy atom. The number of hydrogen-bond donors (Lipinski definition) is 1. The highest BCUT2D eigenvalue weighted by molar-refractivity contribution is 5.98. The van der Waals surface area contributed by atoms with Crippen LogP contribution < -0.4 is 10.5 Å². The zero-order valence-corrected chi connectivity index (χ0v) is 16.4. The number of benzene rings is 2. The normalized spacial score (nSPS) is 11.0. The minimum absolute atomic E-state index is 0.0711. The number of rotatable bonds is 9. The zero-order valence-electron chi connectivity index (χ0n) is 16.4. The van der Waals surface area contributed by atoms with E-state index in [1.165, 1.54) is 30.3 Å². The molecule has 3 aromatic rings. The maximum Gasteiger partial charge on any atom is 0.400 e. The topological polar surface area (TPSA) is 130 Å². The van der Waals surface area contributed by atoms with E-state index >= 15 is 0 Å². The average Bonchev–Trinajstić information content (AvgIpc) is 3.26. The monoisotopic (exact) mass is 421 g/mol. The number of allylic oxidation sites excluding steroid dienone is 1. The van der Waals surface area contributed by atoms with E-state index in [1.807, 2.05) is 24.3 Å². The van der Waals surface area contributed by atoms with Gasteiger partial charge in [0.2, 0.25) is 5.76 Å². The second kappa shape index (κ2) is 9.88. The smallest absolute Gasteiger partial charge is 0.400 e. The SMILES string of the molecule is C=CCc1ccccc1OCc1ccc(C(=O)O/N=C(\N)c2ccc([N+](=O)[O-])cc2)o1. The minimum atomic E-state index is -0.844. The quantitative estimate of drug-likeness (QED) is 0.138. The van der Waals surface area contributed by atoms with E-state index in [-0.39, 0.29) is 23.9 Å². The first-order valence-corrected chi connectivity index (χ1v) is 9.18. The molecule has 31 heavy (non-hydrogen) atoms. The van der Waals surface area contributed by atoms with E-state index in [4.69, 9.17) is 19.7 Å². The Kier molecular flexibility index (Phi) is 6.79. The summed E-state index contributed by atoms with van der Waals surface area (Å²) in [5, 5.41) is 14.2.